The Hall–Kier alpha value is -2.77. The highest BCUT2D eigenvalue weighted by Crippen LogP contribution is 2.36. The van der Waals surface area contributed by atoms with Crippen molar-refractivity contribution in [1.29, 1.82) is 0 Å². The van der Waals surface area contributed by atoms with Crippen molar-refractivity contribution in [2.24, 2.45) is 5.10 Å². The molecule has 1 aliphatic rings. The Morgan fingerprint density at radius 2 is 1.87 bits per heavy atom. The van der Waals surface area contributed by atoms with E-state index in [2.05, 4.69) is 10.4 Å². The van der Waals surface area contributed by atoms with Crippen LogP contribution in [0.5, 0.6) is 17.2 Å². The number of phenolic OH excluding ortho intramolecular Hbond substituents is 1. The number of ether oxygens (including phenoxy) is 2. The fourth-order valence-corrected chi connectivity index (χ4v) is 2.13. The first kappa shape index (κ1) is 16.6. The number of aromatic hydroxyl groups is 1. The Kier molecular flexibility index (Phi) is 4.44. The van der Waals surface area contributed by atoms with Crippen LogP contribution in [-0.2, 0) is 4.79 Å². The molecule has 0 radical (unpaired) electrons. The second kappa shape index (κ2) is 6.15. The van der Waals surface area contributed by atoms with E-state index < -0.39 is 17.5 Å². The Morgan fingerprint density at radius 3 is 2.30 bits per heavy atom. The average molecular weight is 321 g/mol. The second-order valence-electron chi connectivity index (χ2n) is 5.25. The number of urea groups is 1. The molecule has 1 atom stereocenters. The van der Waals surface area contributed by atoms with Crippen LogP contribution in [-0.4, -0.2) is 48.0 Å². The van der Waals surface area contributed by atoms with Crippen molar-refractivity contribution in [3.63, 3.8) is 0 Å². The Labute approximate surface area is 133 Å². The fourth-order valence-electron chi connectivity index (χ4n) is 2.13. The largest absolute Gasteiger partial charge is 0.502 e. The van der Waals surface area contributed by atoms with Gasteiger partial charge in [-0.1, -0.05) is 6.92 Å². The molecule has 0 bridgehead atoms. The molecule has 1 aliphatic heterocycles. The van der Waals surface area contributed by atoms with Crippen LogP contribution in [0.15, 0.2) is 17.2 Å². The molecule has 2 rings (SSSR count). The molecule has 1 fully saturated rings. The minimum absolute atomic E-state index is 0.138. The van der Waals surface area contributed by atoms with Gasteiger partial charge in [0.15, 0.2) is 11.5 Å². The summed E-state index contributed by atoms with van der Waals surface area (Å²) in [5.74, 6) is -0.164. The molecule has 3 amide bonds. The van der Waals surface area contributed by atoms with Crippen molar-refractivity contribution in [2.45, 2.75) is 25.8 Å². The van der Waals surface area contributed by atoms with Crippen LogP contribution in [0.25, 0.3) is 0 Å². The van der Waals surface area contributed by atoms with Gasteiger partial charge in [-0.15, -0.1) is 5.01 Å². The zero-order chi connectivity index (χ0) is 17.2. The van der Waals surface area contributed by atoms with Gasteiger partial charge in [0.25, 0.3) is 5.91 Å². The van der Waals surface area contributed by atoms with Crippen LogP contribution in [0.3, 0.4) is 0 Å². The third-order valence-electron chi connectivity index (χ3n) is 3.77. The van der Waals surface area contributed by atoms with Crippen LogP contribution < -0.4 is 14.8 Å². The summed E-state index contributed by atoms with van der Waals surface area (Å²) in [6, 6.07) is 2.45. The maximum atomic E-state index is 12.2. The van der Waals surface area contributed by atoms with Crippen LogP contribution in [0.1, 0.15) is 25.8 Å². The van der Waals surface area contributed by atoms with Gasteiger partial charge in [0.1, 0.15) is 5.54 Å². The number of imide groups is 1. The molecule has 1 unspecified atom stereocenters. The predicted octanol–water partition coefficient (Wildman–Crippen LogP) is 1.46. The molecule has 0 aliphatic carbocycles. The van der Waals surface area contributed by atoms with Crippen molar-refractivity contribution >= 4 is 18.2 Å². The molecule has 0 saturated carbocycles. The standard InChI is InChI=1S/C15H19N3O5/c1-5-15(2)13(20)18(14(21)17-15)16-8-9-6-10(22-3)12(19)11(7-9)23-4/h6-8,19H,5H2,1-4H3,(H,17,21)/b16-8+. The molecule has 1 aromatic carbocycles. The number of rotatable bonds is 5. The number of nitrogens with zero attached hydrogens (tertiary/aromatic N) is 2. The summed E-state index contributed by atoms with van der Waals surface area (Å²) in [5, 5.41) is 17.2. The van der Waals surface area contributed by atoms with Gasteiger partial charge >= 0.3 is 6.03 Å². The number of benzene rings is 1. The number of carbonyl (C=O) groups is 2. The summed E-state index contributed by atoms with van der Waals surface area (Å²) < 4.78 is 10.1. The minimum Gasteiger partial charge on any atom is -0.502 e. The topological polar surface area (TPSA) is 100 Å². The summed E-state index contributed by atoms with van der Waals surface area (Å²) >= 11 is 0. The molecular formula is C15H19N3O5. The van der Waals surface area contributed by atoms with Crippen molar-refractivity contribution in [2.75, 3.05) is 14.2 Å². The summed E-state index contributed by atoms with van der Waals surface area (Å²) in [6.07, 6.45) is 1.79. The average Bonchev–Trinajstić information content (AvgIpc) is 2.76. The molecule has 8 nitrogen and oxygen atoms in total. The zero-order valence-corrected chi connectivity index (χ0v) is 13.4. The van der Waals surface area contributed by atoms with Gasteiger partial charge in [-0.25, -0.2) is 4.79 Å². The van der Waals surface area contributed by atoms with Crippen molar-refractivity contribution in [1.82, 2.24) is 10.3 Å². The van der Waals surface area contributed by atoms with Crippen molar-refractivity contribution in [3.05, 3.63) is 17.7 Å². The number of carbonyl (C=O) groups excluding carboxylic acids is 2. The van der Waals surface area contributed by atoms with Gasteiger partial charge in [0.2, 0.25) is 5.75 Å². The van der Waals surface area contributed by atoms with Gasteiger partial charge in [-0.05, 0) is 25.5 Å². The van der Waals surface area contributed by atoms with Crippen LogP contribution >= 0.6 is 0 Å². The third kappa shape index (κ3) is 2.92. The Balaban J connectivity index is 2.30. The number of hydrazone groups is 1. The molecule has 124 valence electrons. The van der Waals surface area contributed by atoms with Gasteiger partial charge < -0.3 is 19.9 Å². The molecule has 1 heterocycles. The maximum Gasteiger partial charge on any atom is 0.346 e. The molecule has 0 aromatic heterocycles. The van der Waals surface area contributed by atoms with Gasteiger partial charge in [0.05, 0.1) is 20.4 Å². The SMILES string of the molecule is CCC1(C)NC(=O)N(/N=C/c2cc(OC)c(O)c(OC)c2)C1=O. The lowest BCUT2D eigenvalue weighted by Crippen LogP contribution is -2.42. The van der Waals surface area contributed by atoms with E-state index in [1.54, 1.807) is 13.8 Å². The quantitative estimate of drug-likeness (QED) is 0.632. The lowest BCUT2D eigenvalue weighted by Gasteiger charge is -2.17. The van der Waals surface area contributed by atoms with E-state index >= 15 is 0 Å². The van der Waals surface area contributed by atoms with E-state index in [1.165, 1.54) is 32.6 Å². The summed E-state index contributed by atoms with van der Waals surface area (Å²) in [4.78, 5) is 24.1. The van der Waals surface area contributed by atoms with E-state index in [4.69, 9.17) is 9.47 Å². The highest BCUT2D eigenvalue weighted by atomic mass is 16.5. The lowest BCUT2D eigenvalue weighted by atomic mass is 10.00. The highest BCUT2D eigenvalue weighted by molar-refractivity contribution is 6.07. The van der Waals surface area contributed by atoms with Gasteiger partial charge in [-0.3, -0.25) is 4.79 Å². The summed E-state index contributed by atoms with van der Waals surface area (Å²) in [5.41, 5.74) is -0.444. The lowest BCUT2D eigenvalue weighted by molar-refractivity contribution is -0.130. The maximum absolute atomic E-state index is 12.2. The van der Waals surface area contributed by atoms with Crippen LogP contribution in [0, 0.1) is 0 Å². The Bertz CT molecular complexity index is 648. The van der Waals surface area contributed by atoms with Crippen molar-refractivity contribution in [3.8, 4) is 17.2 Å². The van der Waals surface area contributed by atoms with Gasteiger partial charge in [-0.2, -0.15) is 5.10 Å². The van der Waals surface area contributed by atoms with Crippen LogP contribution in [0.2, 0.25) is 0 Å². The fraction of sp³-hybridized carbons (Fsp3) is 0.400. The number of phenols is 1. The first-order valence-corrected chi connectivity index (χ1v) is 7.02. The highest BCUT2D eigenvalue weighted by Gasteiger charge is 2.46. The zero-order valence-electron chi connectivity index (χ0n) is 13.4. The first-order valence-electron chi connectivity index (χ1n) is 7.02. The van der Waals surface area contributed by atoms with E-state index in [1.807, 2.05) is 0 Å². The summed E-state index contributed by atoms with van der Waals surface area (Å²) in [6.45, 7) is 3.45. The van der Waals surface area contributed by atoms with E-state index in [0.29, 0.717) is 12.0 Å². The van der Waals surface area contributed by atoms with Crippen molar-refractivity contribution < 1.29 is 24.2 Å². The van der Waals surface area contributed by atoms with E-state index in [-0.39, 0.29) is 17.2 Å². The normalized spacial score (nSPS) is 21.0. The third-order valence-corrected chi connectivity index (χ3v) is 3.77. The monoisotopic (exact) mass is 321 g/mol. The van der Waals surface area contributed by atoms with Crippen LogP contribution in [0.4, 0.5) is 4.79 Å². The number of amides is 3. The van der Waals surface area contributed by atoms with Gasteiger partial charge in [0, 0.05) is 5.56 Å². The van der Waals surface area contributed by atoms with E-state index in [0.717, 1.165) is 5.01 Å². The Morgan fingerprint density at radius 1 is 1.30 bits per heavy atom. The minimum atomic E-state index is -0.946. The predicted molar refractivity (Wildman–Crippen MR) is 82.9 cm³/mol. The molecular weight excluding hydrogens is 302 g/mol. The number of methoxy groups -OCH3 is 2. The molecule has 2 N–H and O–H groups in total. The smallest absolute Gasteiger partial charge is 0.346 e. The number of nitrogens with one attached hydrogen (secondary N) is 1. The molecule has 8 heteroatoms. The number of hydrogen-bond donors (Lipinski definition) is 2. The van der Waals surface area contributed by atoms with E-state index in [9.17, 15) is 14.7 Å². The molecule has 0 spiro atoms. The number of hydrogen-bond acceptors (Lipinski definition) is 6. The second-order valence-corrected chi connectivity index (χ2v) is 5.25. The first-order chi connectivity index (χ1) is 10.9. The molecule has 1 saturated heterocycles. The molecule has 1 aromatic rings. The summed E-state index contributed by atoms with van der Waals surface area (Å²) in [7, 11) is 2.80. The molecule has 23 heavy (non-hydrogen) atoms.